The highest BCUT2D eigenvalue weighted by atomic mass is 32.2. The second-order valence-corrected chi connectivity index (χ2v) is 9.87. The van der Waals surface area contributed by atoms with Crippen LogP contribution < -0.4 is 0 Å². The summed E-state index contributed by atoms with van der Waals surface area (Å²) in [4.78, 5) is 2.73. The molecule has 32 heavy (non-hydrogen) atoms. The van der Waals surface area contributed by atoms with Crippen LogP contribution in [0.25, 0.3) is 0 Å². The number of sulfone groups is 1. The molecule has 4 rings (SSSR count). The molecule has 1 aliphatic rings. The molecule has 0 unspecified atom stereocenters. The third kappa shape index (κ3) is 5.41. The Labute approximate surface area is 187 Å². The van der Waals surface area contributed by atoms with E-state index in [1.165, 1.54) is 12.1 Å². The molecule has 0 aliphatic carbocycles. The normalized spacial score (nSPS) is 15.1. The lowest BCUT2D eigenvalue weighted by Gasteiger charge is -2.26. The molecule has 0 spiro atoms. The van der Waals surface area contributed by atoms with Gasteiger partial charge in [-0.05, 0) is 59.9 Å². The van der Waals surface area contributed by atoms with Gasteiger partial charge in [0.15, 0.2) is 0 Å². The second kappa shape index (κ2) is 9.90. The molecule has 0 bridgehead atoms. The van der Waals surface area contributed by atoms with Crippen molar-refractivity contribution in [2.75, 3.05) is 26.3 Å². The van der Waals surface area contributed by atoms with Gasteiger partial charge in [0.05, 0.1) is 23.0 Å². The van der Waals surface area contributed by atoms with Gasteiger partial charge in [-0.3, -0.25) is 4.90 Å². The van der Waals surface area contributed by atoms with E-state index in [2.05, 4.69) is 4.90 Å². The van der Waals surface area contributed by atoms with Gasteiger partial charge in [0.1, 0.15) is 11.6 Å². The summed E-state index contributed by atoms with van der Waals surface area (Å²) < 4.78 is 58.5. The fourth-order valence-electron chi connectivity index (χ4n) is 3.80. The van der Waals surface area contributed by atoms with Crippen molar-refractivity contribution in [1.82, 2.24) is 4.90 Å². The van der Waals surface area contributed by atoms with Crippen LogP contribution in [0.5, 0.6) is 0 Å². The molecule has 3 aromatic carbocycles. The topological polar surface area (TPSA) is 46.6 Å². The van der Waals surface area contributed by atoms with Gasteiger partial charge in [-0.1, -0.05) is 30.3 Å². The van der Waals surface area contributed by atoms with Crippen LogP contribution in [-0.2, 0) is 34.0 Å². The van der Waals surface area contributed by atoms with Gasteiger partial charge in [0.2, 0.25) is 9.84 Å². The quantitative estimate of drug-likeness (QED) is 0.527. The number of nitrogens with zero attached hydrogens (tertiary/aromatic N) is 1. The van der Waals surface area contributed by atoms with E-state index < -0.39 is 21.5 Å². The van der Waals surface area contributed by atoms with Crippen LogP contribution in [0, 0.1) is 11.6 Å². The minimum Gasteiger partial charge on any atom is -0.379 e. The van der Waals surface area contributed by atoms with E-state index in [0.29, 0.717) is 38.2 Å². The van der Waals surface area contributed by atoms with Gasteiger partial charge in [-0.15, -0.1) is 0 Å². The lowest BCUT2D eigenvalue weighted by atomic mass is 10.0. The van der Waals surface area contributed by atoms with Crippen molar-refractivity contribution < 1.29 is 21.9 Å². The number of rotatable bonds is 7. The largest absolute Gasteiger partial charge is 0.379 e. The van der Waals surface area contributed by atoms with Crippen molar-refractivity contribution in [3.63, 3.8) is 0 Å². The lowest BCUT2D eigenvalue weighted by molar-refractivity contribution is 0.0341. The van der Waals surface area contributed by atoms with Crippen molar-refractivity contribution in [2.45, 2.75) is 29.2 Å². The van der Waals surface area contributed by atoms with Crippen molar-refractivity contribution in [3.05, 3.63) is 95.1 Å². The van der Waals surface area contributed by atoms with Crippen LogP contribution in [0.2, 0.25) is 0 Å². The molecule has 0 amide bonds. The third-order valence-electron chi connectivity index (χ3n) is 5.65. The average molecular weight is 458 g/mol. The molecule has 1 fully saturated rings. The van der Waals surface area contributed by atoms with E-state index in [9.17, 15) is 17.2 Å². The average Bonchev–Trinajstić information content (AvgIpc) is 2.80. The summed E-state index contributed by atoms with van der Waals surface area (Å²) in [5, 5.41) is 0. The maximum atomic E-state index is 13.8. The van der Waals surface area contributed by atoms with Crippen molar-refractivity contribution in [2.24, 2.45) is 0 Å². The Bertz CT molecular complexity index is 1170. The van der Waals surface area contributed by atoms with E-state index in [1.807, 2.05) is 6.07 Å². The zero-order chi connectivity index (χ0) is 22.6. The predicted molar refractivity (Wildman–Crippen MR) is 118 cm³/mol. The molecule has 168 valence electrons. The smallest absolute Gasteiger partial charge is 0.206 e. The first kappa shape index (κ1) is 22.6. The van der Waals surface area contributed by atoms with Gasteiger partial charge >= 0.3 is 0 Å². The Morgan fingerprint density at radius 1 is 0.812 bits per heavy atom. The molecular weight excluding hydrogens is 432 g/mol. The number of benzene rings is 3. The van der Waals surface area contributed by atoms with E-state index in [1.54, 1.807) is 42.5 Å². The highest BCUT2D eigenvalue weighted by Crippen LogP contribution is 2.23. The van der Waals surface area contributed by atoms with E-state index in [4.69, 9.17) is 4.74 Å². The predicted octanol–water partition coefficient (Wildman–Crippen LogP) is 4.42. The van der Waals surface area contributed by atoms with E-state index in [-0.39, 0.29) is 9.79 Å². The first-order valence-electron chi connectivity index (χ1n) is 10.6. The summed E-state index contributed by atoms with van der Waals surface area (Å²) in [6.07, 6.45) is 0.930. The molecule has 1 saturated heterocycles. The third-order valence-corrected chi connectivity index (χ3v) is 7.42. The Morgan fingerprint density at radius 3 is 2.28 bits per heavy atom. The zero-order valence-corrected chi connectivity index (χ0v) is 18.5. The number of halogens is 2. The summed E-state index contributed by atoms with van der Waals surface area (Å²) in [5.41, 5.74) is 2.26. The van der Waals surface area contributed by atoms with Gasteiger partial charge in [-0.2, -0.15) is 0 Å². The molecule has 0 saturated carbocycles. The highest BCUT2D eigenvalue weighted by Gasteiger charge is 2.19. The van der Waals surface area contributed by atoms with Gasteiger partial charge in [0, 0.05) is 25.7 Å². The standard InChI is InChI=1S/C25H25F2NO3S/c26-22-9-8-21(25(27)17-22)7-4-19-5-10-23(11-6-19)32(29,30)24-3-1-2-20(16-24)18-28-12-14-31-15-13-28/h1-3,5-6,8-11,16-17H,4,7,12-15,18H2. The summed E-state index contributed by atoms with van der Waals surface area (Å²) in [6.45, 7) is 3.74. The van der Waals surface area contributed by atoms with Crippen LogP contribution in [-0.4, -0.2) is 39.6 Å². The zero-order valence-electron chi connectivity index (χ0n) is 17.6. The summed E-state index contributed by atoms with van der Waals surface area (Å²) in [7, 11) is -3.64. The molecule has 1 aliphatic heterocycles. The summed E-state index contributed by atoms with van der Waals surface area (Å²) in [5.74, 6) is -1.17. The molecule has 1 heterocycles. The molecule has 3 aromatic rings. The number of morpholine rings is 1. The first-order chi connectivity index (χ1) is 15.4. The monoisotopic (exact) mass is 457 g/mol. The Hall–Kier alpha value is -2.61. The van der Waals surface area contributed by atoms with Crippen molar-refractivity contribution in [3.8, 4) is 0 Å². The van der Waals surface area contributed by atoms with E-state index >= 15 is 0 Å². The first-order valence-corrected chi connectivity index (χ1v) is 12.1. The lowest BCUT2D eigenvalue weighted by Crippen LogP contribution is -2.35. The maximum Gasteiger partial charge on any atom is 0.206 e. The molecule has 0 aromatic heterocycles. The fraction of sp³-hybridized carbons (Fsp3) is 0.280. The molecule has 4 nitrogen and oxygen atoms in total. The fourth-order valence-corrected chi connectivity index (χ4v) is 5.13. The number of aryl methyl sites for hydroxylation is 2. The minimum atomic E-state index is -3.64. The van der Waals surface area contributed by atoms with E-state index in [0.717, 1.165) is 30.3 Å². The van der Waals surface area contributed by atoms with Crippen LogP contribution in [0.4, 0.5) is 8.78 Å². The van der Waals surface area contributed by atoms with Gasteiger partial charge in [0.25, 0.3) is 0 Å². The SMILES string of the molecule is O=S(=O)(c1ccc(CCc2ccc(F)cc2F)cc1)c1cccc(CN2CCOCC2)c1. The van der Waals surface area contributed by atoms with Crippen LogP contribution >= 0.6 is 0 Å². The summed E-state index contributed by atoms with van der Waals surface area (Å²) >= 11 is 0. The van der Waals surface area contributed by atoms with Crippen LogP contribution in [0.1, 0.15) is 16.7 Å². The highest BCUT2D eigenvalue weighted by molar-refractivity contribution is 7.91. The van der Waals surface area contributed by atoms with Crippen molar-refractivity contribution in [1.29, 1.82) is 0 Å². The Kier molecular flexibility index (Phi) is 6.98. The number of hydrogen-bond acceptors (Lipinski definition) is 4. The Morgan fingerprint density at radius 2 is 1.56 bits per heavy atom. The molecule has 0 atom stereocenters. The van der Waals surface area contributed by atoms with Crippen LogP contribution in [0.3, 0.4) is 0 Å². The molecule has 0 radical (unpaired) electrons. The summed E-state index contributed by atoms with van der Waals surface area (Å²) in [6, 6.07) is 17.3. The number of hydrogen-bond donors (Lipinski definition) is 0. The molecule has 0 N–H and O–H groups in total. The maximum absolute atomic E-state index is 13.8. The number of ether oxygens (including phenoxy) is 1. The minimum absolute atomic E-state index is 0.220. The Balaban J connectivity index is 1.45. The molecular formula is C25H25F2NO3S. The van der Waals surface area contributed by atoms with Gasteiger partial charge in [-0.25, -0.2) is 17.2 Å². The van der Waals surface area contributed by atoms with Gasteiger partial charge < -0.3 is 4.74 Å². The molecule has 7 heteroatoms. The van der Waals surface area contributed by atoms with Crippen LogP contribution in [0.15, 0.2) is 76.5 Å². The second-order valence-electron chi connectivity index (χ2n) is 7.92. The van der Waals surface area contributed by atoms with Crippen molar-refractivity contribution >= 4 is 9.84 Å².